The minimum atomic E-state index is 0.391. The van der Waals surface area contributed by atoms with Crippen LogP contribution in [0.5, 0.6) is 0 Å². The molecule has 0 aliphatic carbocycles. The van der Waals surface area contributed by atoms with E-state index >= 15 is 0 Å². The summed E-state index contributed by atoms with van der Waals surface area (Å²) in [5, 5.41) is 8.83. The molecule has 0 atom stereocenters. The van der Waals surface area contributed by atoms with Crippen LogP contribution >= 0.6 is 15.9 Å². The van der Waals surface area contributed by atoms with Gasteiger partial charge in [0.1, 0.15) is 6.07 Å². The summed E-state index contributed by atoms with van der Waals surface area (Å²) in [7, 11) is 0. The molecule has 0 aliphatic heterocycles. The van der Waals surface area contributed by atoms with E-state index in [1.165, 1.54) is 0 Å². The number of aromatic nitrogens is 2. The van der Waals surface area contributed by atoms with Gasteiger partial charge in [0.25, 0.3) is 0 Å². The smallest absolute Gasteiger partial charge is 0.213 e. The van der Waals surface area contributed by atoms with Crippen molar-refractivity contribution >= 4 is 21.6 Å². The fourth-order valence-corrected chi connectivity index (χ4v) is 1.82. The molecule has 16 heavy (non-hydrogen) atoms. The SMILES string of the molecule is N#Cc1nccn1Cc1ccc(Br)cc1N. The Kier molecular flexibility index (Phi) is 2.93. The molecule has 0 radical (unpaired) electrons. The Morgan fingerprint density at radius 2 is 2.31 bits per heavy atom. The number of nitriles is 1. The van der Waals surface area contributed by atoms with Crippen LogP contribution in [-0.4, -0.2) is 9.55 Å². The lowest BCUT2D eigenvalue weighted by molar-refractivity contribution is 0.784. The third-order valence-corrected chi connectivity index (χ3v) is 2.76. The van der Waals surface area contributed by atoms with Crippen molar-refractivity contribution in [3.05, 3.63) is 46.5 Å². The van der Waals surface area contributed by atoms with Crippen molar-refractivity contribution in [1.82, 2.24) is 9.55 Å². The average molecular weight is 277 g/mol. The molecule has 2 rings (SSSR count). The molecule has 5 heteroatoms. The molecule has 0 aliphatic rings. The summed E-state index contributed by atoms with van der Waals surface area (Å²) in [6.07, 6.45) is 3.37. The molecule has 0 fully saturated rings. The third kappa shape index (κ3) is 2.07. The van der Waals surface area contributed by atoms with Crippen LogP contribution in [-0.2, 0) is 6.54 Å². The van der Waals surface area contributed by atoms with Crippen molar-refractivity contribution in [2.24, 2.45) is 0 Å². The van der Waals surface area contributed by atoms with Crippen LogP contribution < -0.4 is 5.73 Å². The second kappa shape index (κ2) is 4.37. The van der Waals surface area contributed by atoms with Crippen LogP contribution in [0, 0.1) is 11.3 Å². The maximum atomic E-state index is 8.83. The van der Waals surface area contributed by atoms with Gasteiger partial charge in [-0.25, -0.2) is 4.98 Å². The number of benzene rings is 1. The minimum Gasteiger partial charge on any atom is -0.398 e. The first-order valence-corrected chi connectivity index (χ1v) is 5.45. The summed E-state index contributed by atoms with van der Waals surface area (Å²) in [5.41, 5.74) is 7.55. The van der Waals surface area contributed by atoms with Gasteiger partial charge in [0, 0.05) is 22.6 Å². The van der Waals surface area contributed by atoms with Gasteiger partial charge < -0.3 is 10.3 Å². The van der Waals surface area contributed by atoms with Gasteiger partial charge in [0.05, 0.1) is 6.54 Å². The Morgan fingerprint density at radius 3 is 3.00 bits per heavy atom. The molecule has 0 saturated carbocycles. The van der Waals surface area contributed by atoms with E-state index < -0.39 is 0 Å². The zero-order valence-corrected chi connectivity index (χ0v) is 9.98. The Labute approximate surface area is 101 Å². The highest BCUT2D eigenvalue weighted by atomic mass is 79.9. The summed E-state index contributed by atoms with van der Waals surface area (Å²) in [5.74, 6) is 0.391. The van der Waals surface area contributed by atoms with Crippen LogP contribution in [0.1, 0.15) is 11.4 Å². The van der Waals surface area contributed by atoms with E-state index in [-0.39, 0.29) is 0 Å². The second-order valence-corrected chi connectivity index (χ2v) is 4.25. The number of rotatable bonds is 2. The highest BCUT2D eigenvalue weighted by Crippen LogP contribution is 2.19. The van der Waals surface area contributed by atoms with Crippen LogP contribution in [0.2, 0.25) is 0 Å². The van der Waals surface area contributed by atoms with Crippen LogP contribution in [0.25, 0.3) is 0 Å². The number of imidazole rings is 1. The van der Waals surface area contributed by atoms with Crippen molar-refractivity contribution in [2.75, 3.05) is 5.73 Å². The fourth-order valence-electron chi connectivity index (χ4n) is 1.44. The van der Waals surface area contributed by atoms with Gasteiger partial charge in [-0.05, 0) is 17.7 Å². The van der Waals surface area contributed by atoms with Gasteiger partial charge in [-0.2, -0.15) is 5.26 Å². The monoisotopic (exact) mass is 276 g/mol. The molecule has 4 nitrogen and oxygen atoms in total. The van der Waals surface area contributed by atoms with Crippen LogP contribution in [0.15, 0.2) is 35.1 Å². The maximum absolute atomic E-state index is 8.83. The van der Waals surface area contributed by atoms with Gasteiger partial charge >= 0.3 is 0 Å². The average Bonchev–Trinajstić information content (AvgIpc) is 2.69. The van der Waals surface area contributed by atoms with Gasteiger partial charge in [-0.3, -0.25) is 0 Å². The first-order chi connectivity index (χ1) is 7.70. The number of halogens is 1. The van der Waals surface area contributed by atoms with Crippen molar-refractivity contribution in [3.8, 4) is 6.07 Å². The van der Waals surface area contributed by atoms with E-state index in [0.29, 0.717) is 18.1 Å². The van der Waals surface area contributed by atoms with E-state index in [1.54, 1.807) is 17.0 Å². The molecule has 2 aromatic rings. The number of nitrogen functional groups attached to an aromatic ring is 1. The lowest BCUT2D eigenvalue weighted by Crippen LogP contribution is -2.04. The molecule has 1 aromatic carbocycles. The molecular formula is C11H9BrN4. The largest absolute Gasteiger partial charge is 0.398 e. The Morgan fingerprint density at radius 1 is 1.50 bits per heavy atom. The zero-order valence-electron chi connectivity index (χ0n) is 8.39. The predicted molar refractivity (Wildman–Crippen MR) is 64.6 cm³/mol. The Balaban J connectivity index is 2.31. The molecule has 0 unspecified atom stereocenters. The number of nitrogens with zero attached hydrogens (tertiary/aromatic N) is 3. The summed E-state index contributed by atoms with van der Waals surface area (Å²) in [6, 6.07) is 7.73. The quantitative estimate of drug-likeness (QED) is 0.855. The molecule has 0 saturated heterocycles. The number of hydrogen-bond acceptors (Lipinski definition) is 3. The molecule has 1 aromatic heterocycles. The fraction of sp³-hybridized carbons (Fsp3) is 0.0909. The summed E-state index contributed by atoms with van der Waals surface area (Å²) >= 11 is 3.35. The van der Waals surface area contributed by atoms with Crippen molar-refractivity contribution in [3.63, 3.8) is 0 Å². The number of anilines is 1. The van der Waals surface area contributed by atoms with E-state index in [0.717, 1.165) is 10.0 Å². The highest BCUT2D eigenvalue weighted by molar-refractivity contribution is 9.10. The molecule has 1 heterocycles. The molecule has 80 valence electrons. The Hall–Kier alpha value is -1.80. The Bertz CT molecular complexity index is 553. The van der Waals surface area contributed by atoms with Gasteiger partial charge in [-0.1, -0.05) is 22.0 Å². The molecular weight excluding hydrogens is 268 g/mol. The van der Waals surface area contributed by atoms with Gasteiger partial charge in [-0.15, -0.1) is 0 Å². The first kappa shape index (κ1) is 10.7. The normalized spacial score (nSPS) is 10.0. The van der Waals surface area contributed by atoms with E-state index in [2.05, 4.69) is 20.9 Å². The minimum absolute atomic E-state index is 0.391. The number of hydrogen-bond donors (Lipinski definition) is 1. The summed E-state index contributed by atoms with van der Waals surface area (Å²) in [6.45, 7) is 0.558. The van der Waals surface area contributed by atoms with Crippen molar-refractivity contribution in [1.29, 1.82) is 5.26 Å². The van der Waals surface area contributed by atoms with Crippen molar-refractivity contribution in [2.45, 2.75) is 6.54 Å². The summed E-state index contributed by atoms with van der Waals surface area (Å²) in [4.78, 5) is 3.93. The van der Waals surface area contributed by atoms with Crippen LogP contribution in [0.4, 0.5) is 5.69 Å². The molecule has 0 bridgehead atoms. The molecule has 2 N–H and O–H groups in total. The van der Waals surface area contributed by atoms with Gasteiger partial charge in [0.15, 0.2) is 0 Å². The number of nitrogens with two attached hydrogens (primary N) is 1. The standard InChI is InChI=1S/C11H9BrN4/c12-9-2-1-8(10(14)5-9)7-16-4-3-15-11(16)6-13/h1-5H,7,14H2. The van der Waals surface area contributed by atoms with Gasteiger partial charge in [0.2, 0.25) is 5.82 Å². The second-order valence-electron chi connectivity index (χ2n) is 3.33. The highest BCUT2D eigenvalue weighted by Gasteiger charge is 2.04. The van der Waals surface area contributed by atoms with E-state index in [1.807, 2.05) is 24.3 Å². The topological polar surface area (TPSA) is 67.6 Å². The predicted octanol–water partition coefficient (Wildman–Crippen LogP) is 2.15. The third-order valence-electron chi connectivity index (χ3n) is 2.26. The maximum Gasteiger partial charge on any atom is 0.213 e. The molecule has 0 amide bonds. The lowest BCUT2D eigenvalue weighted by atomic mass is 10.2. The van der Waals surface area contributed by atoms with E-state index in [4.69, 9.17) is 11.0 Å². The molecule has 0 spiro atoms. The van der Waals surface area contributed by atoms with Crippen molar-refractivity contribution < 1.29 is 0 Å². The summed E-state index contributed by atoms with van der Waals surface area (Å²) < 4.78 is 2.71. The zero-order chi connectivity index (χ0) is 11.5. The van der Waals surface area contributed by atoms with E-state index in [9.17, 15) is 0 Å². The first-order valence-electron chi connectivity index (χ1n) is 4.66. The van der Waals surface area contributed by atoms with Crippen LogP contribution in [0.3, 0.4) is 0 Å². The lowest BCUT2D eigenvalue weighted by Gasteiger charge is -2.07.